The number of carboxylic acid groups (broad SMARTS) is 1. The van der Waals surface area contributed by atoms with Crippen LogP contribution in [-0.2, 0) is 14.3 Å². The fourth-order valence-electron chi connectivity index (χ4n) is 1.92. The van der Waals surface area contributed by atoms with Crippen LogP contribution in [-0.4, -0.2) is 47.7 Å². The van der Waals surface area contributed by atoms with Gasteiger partial charge in [-0.05, 0) is 19.3 Å². The molecule has 0 bridgehead atoms. The van der Waals surface area contributed by atoms with Crippen molar-refractivity contribution in [1.29, 1.82) is 0 Å². The smallest absolute Gasteiger partial charge is 0.323 e. The van der Waals surface area contributed by atoms with Crippen LogP contribution in [0, 0.1) is 0 Å². The fourth-order valence-corrected chi connectivity index (χ4v) is 1.92. The van der Waals surface area contributed by atoms with Gasteiger partial charge in [0.25, 0.3) is 0 Å². The van der Waals surface area contributed by atoms with E-state index < -0.39 is 5.97 Å². The molecule has 0 unspecified atom stereocenters. The average Bonchev–Trinajstić information content (AvgIpc) is 2.27. The largest absolute Gasteiger partial charge is 0.480 e. The van der Waals surface area contributed by atoms with Crippen molar-refractivity contribution in [2.24, 2.45) is 0 Å². The summed E-state index contributed by atoms with van der Waals surface area (Å²) in [5, 5.41) is 8.81. The molecular formula is C11H19NO4. The Hall–Kier alpha value is -1.10. The van der Waals surface area contributed by atoms with E-state index in [1.807, 2.05) is 6.92 Å². The maximum absolute atomic E-state index is 11.8. The highest BCUT2D eigenvalue weighted by atomic mass is 16.5. The number of hydrogen-bond acceptors (Lipinski definition) is 3. The third-order valence-electron chi connectivity index (χ3n) is 2.72. The van der Waals surface area contributed by atoms with E-state index in [4.69, 9.17) is 9.84 Å². The van der Waals surface area contributed by atoms with Crippen molar-refractivity contribution in [2.45, 2.75) is 38.6 Å². The van der Waals surface area contributed by atoms with E-state index >= 15 is 0 Å². The highest BCUT2D eigenvalue weighted by Crippen LogP contribution is 2.15. The van der Waals surface area contributed by atoms with Gasteiger partial charge in [0.15, 0.2) is 0 Å². The van der Waals surface area contributed by atoms with Crippen LogP contribution in [0.1, 0.15) is 32.6 Å². The van der Waals surface area contributed by atoms with Gasteiger partial charge in [-0.2, -0.15) is 0 Å². The summed E-state index contributed by atoms with van der Waals surface area (Å²) in [7, 11) is 0. The van der Waals surface area contributed by atoms with E-state index in [9.17, 15) is 9.59 Å². The number of ether oxygens (including phenoxy) is 1. The normalized spacial score (nSPS) is 17.1. The Bertz CT molecular complexity index is 248. The number of rotatable bonds is 5. The molecule has 1 amide bonds. The minimum atomic E-state index is -0.948. The van der Waals surface area contributed by atoms with E-state index in [1.54, 1.807) is 0 Å². The molecule has 5 nitrogen and oxygen atoms in total. The van der Waals surface area contributed by atoms with E-state index in [0.717, 1.165) is 19.3 Å². The number of hydrogen-bond donors (Lipinski definition) is 1. The summed E-state index contributed by atoms with van der Waals surface area (Å²) in [5.74, 6) is -1.01. The Kier molecular flexibility index (Phi) is 5.25. The fraction of sp³-hybridized carbons (Fsp3) is 0.818. The van der Waals surface area contributed by atoms with Crippen molar-refractivity contribution >= 4 is 11.9 Å². The zero-order valence-electron chi connectivity index (χ0n) is 9.65. The van der Waals surface area contributed by atoms with E-state index in [-0.39, 0.29) is 18.5 Å². The quantitative estimate of drug-likeness (QED) is 0.760. The molecule has 0 spiro atoms. The summed E-state index contributed by atoms with van der Waals surface area (Å²) in [4.78, 5) is 24.0. The lowest BCUT2D eigenvalue weighted by Gasteiger charge is -2.33. The molecular weight excluding hydrogens is 210 g/mol. The van der Waals surface area contributed by atoms with Crippen LogP contribution in [0.2, 0.25) is 0 Å². The highest BCUT2D eigenvalue weighted by molar-refractivity contribution is 5.81. The second-order valence-electron chi connectivity index (χ2n) is 4.01. The van der Waals surface area contributed by atoms with Crippen LogP contribution >= 0.6 is 0 Å². The maximum Gasteiger partial charge on any atom is 0.323 e. The molecule has 1 aliphatic rings. The molecule has 16 heavy (non-hydrogen) atoms. The Labute approximate surface area is 95.4 Å². The number of aliphatic carboxylic acids is 1. The van der Waals surface area contributed by atoms with Gasteiger partial charge in [0, 0.05) is 25.7 Å². The summed E-state index contributed by atoms with van der Waals surface area (Å²) < 4.78 is 5.21. The molecule has 0 aromatic heterocycles. The van der Waals surface area contributed by atoms with Crippen molar-refractivity contribution in [3.63, 3.8) is 0 Å². The van der Waals surface area contributed by atoms with Crippen molar-refractivity contribution < 1.29 is 19.4 Å². The lowest BCUT2D eigenvalue weighted by atomic mass is 10.1. The predicted molar refractivity (Wildman–Crippen MR) is 58.1 cm³/mol. The number of carbonyl (C=O) groups is 2. The Morgan fingerprint density at radius 3 is 2.50 bits per heavy atom. The SMILES string of the molecule is CCCC(=O)N(CC(=O)O)C1CCOCC1. The molecule has 1 saturated heterocycles. The number of nitrogens with zero attached hydrogens (tertiary/aromatic N) is 1. The van der Waals surface area contributed by atoms with Crippen molar-refractivity contribution in [3.05, 3.63) is 0 Å². The molecule has 92 valence electrons. The first-order valence-electron chi connectivity index (χ1n) is 5.74. The summed E-state index contributed by atoms with van der Waals surface area (Å²) in [6.45, 7) is 2.95. The van der Waals surface area contributed by atoms with Gasteiger partial charge >= 0.3 is 5.97 Å². The first-order chi connectivity index (χ1) is 7.65. The minimum absolute atomic E-state index is 0.0314. The molecule has 1 rings (SSSR count). The molecule has 5 heteroatoms. The lowest BCUT2D eigenvalue weighted by Crippen LogP contribution is -2.45. The van der Waals surface area contributed by atoms with Crippen LogP contribution < -0.4 is 0 Å². The molecule has 0 atom stereocenters. The zero-order valence-corrected chi connectivity index (χ0v) is 9.65. The second-order valence-corrected chi connectivity index (χ2v) is 4.01. The maximum atomic E-state index is 11.8. The molecule has 0 aromatic carbocycles. The van der Waals surface area contributed by atoms with Gasteiger partial charge in [0.1, 0.15) is 6.54 Å². The average molecular weight is 229 g/mol. The molecule has 0 saturated carbocycles. The number of amides is 1. The van der Waals surface area contributed by atoms with Crippen LogP contribution in [0.4, 0.5) is 0 Å². The van der Waals surface area contributed by atoms with Gasteiger partial charge < -0.3 is 14.7 Å². The van der Waals surface area contributed by atoms with E-state index in [2.05, 4.69) is 0 Å². The Morgan fingerprint density at radius 2 is 2.00 bits per heavy atom. The van der Waals surface area contributed by atoms with Crippen LogP contribution in [0.15, 0.2) is 0 Å². The molecule has 0 radical (unpaired) electrons. The highest BCUT2D eigenvalue weighted by Gasteiger charge is 2.26. The van der Waals surface area contributed by atoms with Crippen molar-refractivity contribution in [1.82, 2.24) is 4.90 Å². The Morgan fingerprint density at radius 1 is 1.38 bits per heavy atom. The van der Waals surface area contributed by atoms with Gasteiger partial charge in [-0.3, -0.25) is 9.59 Å². The van der Waals surface area contributed by atoms with Gasteiger partial charge in [-0.15, -0.1) is 0 Å². The van der Waals surface area contributed by atoms with Gasteiger partial charge in [-0.1, -0.05) is 6.92 Å². The number of carboxylic acids is 1. The van der Waals surface area contributed by atoms with Crippen molar-refractivity contribution in [2.75, 3.05) is 19.8 Å². The predicted octanol–water partition coefficient (Wildman–Crippen LogP) is 0.879. The first-order valence-corrected chi connectivity index (χ1v) is 5.74. The Balaban J connectivity index is 2.60. The lowest BCUT2D eigenvalue weighted by molar-refractivity contribution is -0.147. The number of carbonyl (C=O) groups excluding carboxylic acids is 1. The third kappa shape index (κ3) is 3.81. The van der Waals surface area contributed by atoms with Crippen LogP contribution in [0.25, 0.3) is 0 Å². The summed E-state index contributed by atoms with van der Waals surface area (Å²) in [6, 6.07) is 0.0314. The van der Waals surface area contributed by atoms with Crippen LogP contribution in [0.5, 0.6) is 0 Å². The molecule has 1 N–H and O–H groups in total. The monoisotopic (exact) mass is 229 g/mol. The summed E-state index contributed by atoms with van der Waals surface area (Å²) >= 11 is 0. The van der Waals surface area contributed by atoms with Crippen LogP contribution in [0.3, 0.4) is 0 Å². The minimum Gasteiger partial charge on any atom is -0.480 e. The van der Waals surface area contributed by atoms with Gasteiger partial charge in [0.05, 0.1) is 0 Å². The zero-order chi connectivity index (χ0) is 12.0. The van der Waals surface area contributed by atoms with Gasteiger partial charge in [-0.25, -0.2) is 0 Å². The summed E-state index contributed by atoms with van der Waals surface area (Å²) in [6.07, 6.45) is 2.65. The molecule has 1 heterocycles. The second kappa shape index (κ2) is 6.48. The van der Waals surface area contributed by atoms with E-state index in [0.29, 0.717) is 19.6 Å². The topological polar surface area (TPSA) is 66.8 Å². The molecule has 0 aliphatic carbocycles. The first kappa shape index (κ1) is 13.0. The van der Waals surface area contributed by atoms with Gasteiger partial charge in [0.2, 0.25) is 5.91 Å². The molecule has 0 aromatic rings. The van der Waals surface area contributed by atoms with Crippen molar-refractivity contribution in [3.8, 4) is 0 Å². The van der Waals surface area contributed by atoms with E-state index in [1.165, 1.54) is 4.90 Å². The summed E-state index contributed by atoms with van der Waals surface area (Å²) in [5.41, 5.74) is 0. The molecule has 1 aliphatic heterocycles. The molecule has 1 fully saturated rings. The third-order valence-corrected chi connectivity index (χ3v) is 2.72. The standard InChI is InChI=1S/C11H19NO4/c1-2-3-10(13)12(8-11(14)15)9-4-6-16-7-5-9/h9H,2-8H2,1H3,(H,14,15).